The third-order valence-corrected chi connectivity index (χ3v) is 4.32. The van der Waals surface area contributed by atoms with Crippen LogP contribution in [0.2, 0.25) is 0 Å². The minimum absolute atomic E-state index is 0.0469. The number of nitrogens with two attached hydrogens (primary N) is 1. The molecule has 0 bridgehead atoms. The summed E-state index contributed by atoms with van der Waals surface area (Å²) in [6.07, 6.45) is 0.952. The number of benzene rings is 1. The average Bonchev–Trinajstić information content (AvgIpc) is 2.50. The first-order valence-electron chi connectivity index (χ1n) is 7.54. The zero-order valence-electron chi connectivity index (χ0n) is 14.4. The van der Waals surface area contributed by atoms with Gasteiger partial charge in [-0.3, -0.25) is 4.79 Å². The molecule has 0 radical (unpaired) electrons. The van der Waals surface area contributed by atoms with E-state index in [1.54, 1.807) is 0 Å². The van der Waals surface area contributed by atoms with Gasteiger partial charge < -0.3 is 10.5 Å². The fraction of sp³-hybridized carbons (Fsp3) is 0.333. The summed E-state index contributed by atoms with van der Waals surface area (Å²) in [6.45, 7) is 5.74. The first kappa shape index (κ1) is 19.3. The van der Waals surface area contributed by atoms with Crippen molar-refractivity contribution in [1.82, 2.24) is 4.98 Å². The van der Waals surface area contributed by atoms with Gasteiger partial charge in [-0.1, -0.05) is 20.8 Å². The fourth-order valence-corrected chi connectivity index (χ4v) is 3.02. The Morgan fingerprint density at radius 1 is 1.20 bits per heavy atom. The minimum atomic E-state index is -1.30. The van der Waals surface area contributed by atoms with E-state index in [9.17, 15) is 13.6 Å². The van der Waals surface area contributed by atoms with Crippen LogP contribution < -0.4 is 10.5 Å². The smallest absolute Gasteiger partial charge is 0.229 e. The molecule has 2 rings (SSSR count). The molecule has 0 spiro atoms. The molecule has 0 fully saturated rings. The second-order valence-electron chi connectivity index (χ2n) is 6.69. The zero-order chi connectivity index (χ0) is 18.9. The van der Waals surface area contributed by atoms with Crippen LogP contribution in [0.25, 0.3) is 0 Å². The van der Waals surface area contributed by atoms with Gasteiger partial charge in [-0.2, -0.15) is 0 Å². The quantitative estimate of drug-likeness (QED) is 0.770. The van der Waals surface area contributed by atoms with Gasteiger partial charge in [0.2, 0.25) is 5.91 Å². The third-order valence-electron chi connectivity index (χ3n) is 3.88. The minimum Gasteiger partial charge on any atom is -0.496 e. The molecule has 134 valence electrons. The summed E-state index contributed by atoms with van der Waals surface area (Å²) in [5.41, 5.74) is 5.61. The van der Waals surface area contributed by atoms with E-state index in [1.807, 2.05) is 20.8 Å². The van der Waals surface area contributed by atoms with Gasteiger partial charge in [0.15, 0.2) is 0 Å². The van der Waals surface area contributed by atoms with Crippen molar-refractivity contribution in [3.63, 3.8) is 0 Å². The lowest BCUT2D eigenvalue weighted by Gasteiger charge is -2.24. The molecule has 4 nitrogen and oxygen atoms in total. The molecule has 0 saturated carbocycles. The van der Waals surface area contributed by atoms with Crippen molar-refractivity contribution >= 4 is 21.8 Å². The molecule has 1 aromatic carbocycles. The zero-order valence-corrected chi connectivity index (χ0v) is 15.9. The van der Waals surface area contributed by atoms with Crippen molar-refractivity contribution in [3.8, 4) is 5.75 Å². The van der Waals surface area contributed by atoms with E-state index >= 15 is 0 Å². The van der Waals surface area contributed by atoms with E-state index in [0.29, 0.717) is 15.9 Å². The number of pyridine rings is 1. The molecule has 1 heterocycles. The fourth-order valence-electron chi connectivity index (χ4n) is 2.67. The van der Waals surface area contributed by atoms with Crippen molar-refractivity contribution in [1.29, 1.82) is 0 Å². The standard InChI is InChI=1S/C18H19BrF2N2O2/c1-18(2,3)11-7-12(20)9(5-14(11)25-4)16(17(22)24)10-6-15(19)23-8-13(10)21/h5-8,16H,1-4H3,(H2,22,24). The number of carbonyl (C=O) groups is 1. The molecule has 2 N–H and O–H groups in total. The van der Waals surface area contributed by atoms with Crippen LogP contribution in [-0.4, -0.2) is 18.0 Å². The Labute approximate surface area is 153 Å². The number of aromatic nitrogens is 1. The number of hydrogen-bond acceptors (Lipinski definition) is 3. The topological polar surface area (TPSA) is 65.2 Å². The number of amides is 1. The van der Waals surface area contributed by atoms with E-state index in [1.165, 1.54) is 25.3 Å². The van der Waals surface area contributed by atoms with Crippen molar-refractivity contribution in [2.45, 2.75) is 32.1 Å². The van der Waals surface area contributed by atoms with Crippen LogP contribution in [0, 0.1) is 11.6 Å². The van der Waals surface area contributed by atoms with Gasteiger partial charge in [0, 0.05) is 16.7 Å². The van der Waals surface area contributed by atoms with Gasteiger partial charge in [0.1, 0.15) is 22.0 Å². The van der Waals surface area contributed by atoms with Crippen LogP contribution in [-0.2, 0) is 10.2 Å². The van der Waals surface area contributed by atoms with Crippen LogP contribution >= 0.6 is 15.9 Å². The van der Waals surface area contributed by atoms with E-state index in [2.05, 4.69) is 20.9 Å². The lowest BCUT2D eigenvalue weighted by Crippen LogP contribution is -2.25. The Morgan fingerprint density at radius 2 is 1.80 bits per heavy atom. The van der Waals surface area contributed by atoms with Crippen LogP contribution in [0.15, 0.2) is 29.0 Å². The number of methoxy groups -OCH3 is 1. The summed E-state index contributed by atoms with van der Waals surface area (Å²) in [5, 5.41) is 0. The summed E-state index contributed by atoms with van der Waals surface area (Å²) >= 11 is 3.12. The Bertz CT molecular complexity index is 819. The molecule has 0 aliphatic heterocycles. The number of hydrogen-bond donors (Lipinski definition) is 1. The maximum atomic E-state index is 14.8. The lowest BCUT2D eigenvalue weighted by atomic mass is 9.83. The number of primary amides is 1. The average molecular weight is 413 g/mol. The van der Waals surface area contributed by atoms with Crippen LogP contribution in [0.3, 0.4) is 0 Å². The summed E-state index contributed by atoms with van der Waals surface area (Å²) in [4.78, 5) is 15.8. The van der Waals surface area contributed by atoms with Crippen molar-refractivity contribution in [2.75, 3.05) is 7.11 Å². The first-order valence-corrected chi connectivity index (χ1v) is 8.33. The Hall–Kier alpha value is -2.02. The highest BCUT2D eigenvalue weighted by Crippen LogP contribution is 2.38. The molecule has 1 amide bonds. The highest BCUT2D eigenvalue weighted by molar-refractivity contribution is 9.10. The van der Waals surface area contributed by atoms with Gasteiger partial charge in [-0.15, -0.1) is 0 Å². The van der Waals surface area contributed by atoms with E-state index in [4.69, 9.17) is 10.5 Å². The molecule has 0 aliphatic carbocycles. The maximum absolute atomic E-state index is 14.8. The van der Waals surface area contributed by atoms with Crippen molar-refractivity contribution < 1.29 is 18.3 Å². The monoisotopic (exact) mass is 412 g/mol. The molecular weight excluding hydrogens is 394 g/mol. The number of halogens is 3. The van der Waals surface area contributed by atoms with Gasteiger partial charge >= 0.3 is 0 Å². The molecule has 2 aromatic rings. The summed E-state index contributed by atoms with van der Waals surface area (Å²) in [6, 6.07) is 4.02. The number of carbonyl (C=O) groups excluding carboxylic acids is 1. The Kier molecular flexibility index (Phi) is 5.46. The van der Waals surface area contributed by atoms with E-state index in [0.717, 1.165) is 6.20 Å². The maximum Gasteiger partial charge on any atom is 0.229 e. The summed E-state index contributed by atoms with van der Waals surface area (Å²) in [5.74, 6) is -3.17. The SMILES string of the molecule is COc1cc(C(C(N)=O)c2cc(Br)ncc2F)c(F)cc1C(C)(C)C. The lowest BCUT2D eigenvalue weighted by molar-refractivity contribution is -0.118. The molecule has 0 aliphatic rings. The highest BCUT2D eigenvalue weighted by atomic mass is 79.9. The van der Waals surface area contributed by atoms with Gasteiger partial charge in [0.05, 0.1) is 19.2 Å². The Balaban J connectivity index is 2.72. The molecule has 25 heavy (non-hydrogen) atoms. The predicted molar refractivity (Wildman–Crippen MR) is 94.6 cm³/mol. The second kappa shape index (κ2) is 7.07. The normalized spacial score (nSPS) is 12.8. The van der Waals surface area contributed by atoms with Gasteiger partial charge in [-0.05, 0) is 39.5 Å². The summed E-state index contributed by atoms with van der Waals surface area (Å²) < 4.78 is 34.7. The summed E-state index contributed by atoms with van der Waals surface area (Å²) in [7, 11) is 1.45. The van der Waals surface area contributed by atoms with Crippen LogP contribution in [0.5, 0.6) is 5.75 Å². The van der Waals surface area contributed by atoms with Crippen LogP contribution in [0.4, 0.5) is 8.78 Å². The predicted octanol–water partition coefficient (Wildman–Crippen LogP) is 4.05. The molecule has 1 atom stereocenters. The van der Waals surface area contributed by atoms with E-state index in [-0.39, 0.29) is 16.5 Å². The molecule has 7 heteroatoms. The third kappa shape index (κ3) is 3.98. The Morgan fingerprint density at radius 3 is 2.32 bits per heavy atom. The van der Waals surface area contributed by atoms with Crippen LogP contribution in [0.1, 0.15) is 43.4 Å². The number of nitrogens with zero attached hydrogens (tertiary/aromatic N) is 1. The molecule has 0 saturated heterocycles. The van der Waals surface area contributed by atoms with Gasteiger partial charge in [0.25, 0.3) is 0 Å². The van der Waals surface area contributed by atoms with E-state index < -0.39 is 23.5 Å². The molecule has 1 unspecified atom stereocenters. The van der Waals surface area contributed by atoms with Crippen molar-refractivity contribution in [2.24, 2.45) is 5.73 Å². The van der Waals surface area contributed by atoms with Gasteiger partial charge in [-0.25, -0.2) is 13.8 Å². The number of rotatable bonds is 4. The number of ether oxygens (including phenoxy) is 1. The largest absolute Gasteiger partial charge is 0.496 e. The molecule has 1 aromatic heterocycles. The second-order valence-corrected chi connectivity index (χ2v) is 7.50. The highest BCUT2D eigenvalue weighted by Gasteiger charge is 2.30. The van der Waals surface area contributed by atoms with Crippen molar-refractivity contribution in [3.05, 3.63) is 57.3 Å². The molecular formula is C18H19BrF2N2O2. The first-order chi connectivity index (χ1) is 11.6.